The first-order chi connectivity index (χ1) is 9.06. The highest BCUT2D eigenvalue weighted by Crippen LogP contribution is 2.19. The minimum atomic E-state index is -0.387. The van der Waals surface area contributed by atoms with E-state index in [1.807, 2.05) is 0 Å². The van der Waals surface area contributed by atoms with Crippen LogP contribution in [-0.2, 0) is 7.05 Å². The predicted molar refractivity (Wildman–Crippen MR) is 74.7 cm³/mol. The summed E-state index contributed by atoms with van der Waals surface area (Å²) in [6.45, 7) is 0. The van der Waals surface area contributed by atoms with Gasteiger partial charge in [0.05, 0.1) is 11.2 Å². The normalized spacial score (nSPS) is 10.9. The Morgan fingerprint density at radius 3 is 2.84 bits per heavy atom. The first-order valence-electron chi connectivity index (χ1n) is 5.34. The second kappa shape index (κ2) is 5.86. The summed E-state index contributed by atoms with van der Waals surface area (Å²) in [5, 5.41) is 8.77. The van der Waals surface area contributed by atoms with Crippen LogP contribution in [0.15, 0.2) is 35.6 Å². The molecule has 0 unspecified atom stereocenters. The average molecular weight is 297 g/mol. The number of aromatic nitrogens is 2. The highest BCUT2D eigenvalue weighted by atomic mass is 35.5. The van der Waals surface area contributed by atoms with Crippen molar-refractivity contribution in [3.8, 4) is 0 Å². The van der Waals surface area contributed by atoms with Gasteiger partial charge in [-0.05, 0) is 18.2 Å². The number of amides is 1. The largest absolute Gasteiger partial charge is 0.291 e. The lowest BCUT2D eigenvalue weighted by molar-refractivity contribution is 0.0949. The van der Waals surface area contributed by atoms with E-state index in [9.17, 15) is 4.79 Å². The van der Waals surface area contributed by atoms with Gasteiger partial charge in [-0.2, -0.15) is 10.2 Å². The molecule has 0 bridgehead atoms. The molecule has 98 valence electrons. The van der Waals surface area contributed by atoms with E-state index < -0.39 is 0 Å². The summed E-state index contributed by atoms with van der Waals surface area (Å²) in [6.07, 6.45) is 3.12. The van der Waals surface area contributed by atoms with Gasteiger partial charge in [-0.1, -0.05) is 29.3 Å². The summed E-state index contributed by atoms with van der Waals surface area (Å²) in [4.78, 5) is 11.6. The number of aryl methyl sites for hydroxylation is 1. The number of benzene rings is 1. The van der Waals surface area contributed by atoms with Crippen LogP contribution in [0.25, 0.3) is 0 Å². The lowest BCUT2D eigenvalue weighted by atomic mass is 10.2. The molecular formula is C12H10Cl2N4O. The van der Waals surface area contributed by atoms with Crippen molar-refractivity contribution in [2.75, 3.05) is 0 Å². The Bertz CT molecular complexity index is 636. The van der Waals surface area contributed by atoms with E-state index in [0.29, 0.717) is 21.3 Å². The Kier molecular flexibility index (Phi) is 4.19. The monoisotopic (exact) mass is 296 g/mol. The van der Waals surface area contributed by atoms with E-state index in [4.69, 9.17) is 23.2 Å². The fraction of sp³-hybridized carbons (Fsp3) is 0.0833. The molecular weight excluding hydrogens is 287 g/mol. The number of nitrogens with zero attached hydrogens (tertiary/aromatic N) is 3. The van der Waals surface area contributed by atoms with Crippen LogP contribution in [0.1, 0.15) is 16.1 Å². The predicted octanol–water partition coefficient (Wildman–Crippen LogP) is 2.49. The van der Waals surface area contributed by atoms with Gasteiger partial charge in [0.15, 0.2) is 5.69 Å². The van der Waals surface area contributed by atoms with Crippen LogP contribution < -0.4 is 5.43 Å². The van der Waals surface area contributed by atoms with Gasteiger partial charge in [-0.15, -0.1) is 0 Å². The van der Waals surface area contributed by atoms with Crippen LogP contribution in [0.3, 0.4) is 0 Å². The zero-order chi connectivity index (χ0) is 13.8. The molecule has 0 aliphatic carbocycles. The number of carbonyl (C=O) groups excluding carboxylic acids is 1. The standard InChI is InChI=1S/C12H10Cl2N4O/c1-18-5-4-11(17-18)12(19)16-15-7-8-2-3-9(13)6-10(8)14/h2-7H,1H3,(H,16,19)/b15-7+. The molecule has 1 N–H and O–H groups in total. The van der Waals surface area contributed by atoms with Crippen molar-refractivity contribution < 1.29 is 4.79 Å². The maximum absolute atomic E-state index is 11.6. The Labute approximate surface area is 119 Å². The molecule has 0 spiro atoms. The second-order valence-corrected chi connectivity index (χ2v) is 4.58. The van der Waals surface area contributed by atoms with Crippen molar-refractivity contribution in [2.24, 2.45) is 12.1 Å². The maximum atomic E-state index is 11.6. The zero-order valence-electron chi connectivity index (χ0n) is 9.97. The lowest BCUT2D eigenvalue weighted by Crippen LogP contribution is -2.18. The molecule has 0 atom stereocenters. The van der Waals surface area contributed by atoms with Gasteiger partial charge in [-0.25, -0.2) is 5.43 Å². The topological polar surface area (TPSA) is 59.3 Å². The van der Waals surface area contributed by atoms with Crippen molar-refractivity contribution in [1.82, 2.24) is 15.2 Å². The molecule has 1 heterocycles. The van der Waals surface area contributed by atoms with Crippen LogP contribution in [0, 0.1) is 0 Å². The van der Waals surface area contributed by atoms with Crippen LogP contribution in [0.5, 0.6) is 0 Å². The third-order valence-electron chi connectivity index (χ3n) is 2.28. The fourth-order valence-electron chi connectivity index (χ4n) is 1.36. The Morgan fingerprint density at radius 1 is 1.42 bits per heavy atom. The van der Waals surface area contributed by atoms with Gasteiger partial charge < -0.3 is 0 Å². The number of rotatable bonds is 3. The van der Waals surface area contributed by atoms with Crippen LogP contribution >= 0.6 is 23.2 Å². The van der Waals surface area contributed by atoms with Gasteiger partial charge in [0.2, 0.25) is 0 Å². The molecule has 1 amide bonds. The summed E-state index contributed by atoms with van der Waals surface area (Å²) in [5.41, 5.74) is 3.32. The van der Waals surface area contributed by atoms with Gasteiger partial charge in [0.25, 0.3) is 5.91 Å². The quantitative estimate of drug-likeness (QED) is 0.699. The molecule has 2 rings (SSSR count). The minimum absolute atomic E-state index is 0.293. The minimum Gasteiger partial charge on any atom is -0.275 e. The molecule has 1 aromatic heterocycles. The first-order valence-corrected chi connectivity index (χ1v) is 6.10. The summed E-state index contributed by atoms with van der Waals surface area (Å²) in [7, 11) is 1.73. The van der Waals surface area contributed by atoms with Gasteiger partial charge in [0, 0.05) is 23.8 Å². The Morgan fingerprint density at radius 2 is 2.21 bits per heavy atom. The van der Waals surface area contributed by atoms with Crippen molar-refractivity contribution >= 4 is 35.3 Å². The number of carbonyl (C=O) groups is 1. The molecule has 1 aromatic carbocycles. The maximum Gasteiger partial charge on any atom is 0.291 e. The number of hydrogen-bond donors (Lipinski definition) is 1. The van der Waals surface area contributed by atoms with E-state index in [1.165, 1.54) is 10.9 Å². The Hall–Kier alpha value is -1.85. The molecule has 0 aliphatic heterocycles. The smallest absolute Gasteiger partial charge is 0.275 e. The van der Waals surface area contributed by atoms with Crippen molar-refractivity contribution in [3.05, 3.63) is 51.8 Å². The van der Waals surface area contributed by atoms with Gasteiger partial charge >= 0.3 is 0 Å². The third-order valence-corrected chi connectivity index (χ3v) is 2.84. The number of hydrogen-bond acceptors (Lipinski definition) is 3. The van der Waals surface area contributed by atoms with Crippen LogP contribution in [0.4, 0.5) is 0 Å². The number of halogens is 2. The molecule has 0 fully saturated rings. The van der Waals surface area contributed by atoms with Crippen LogP contribution in [-0.4, -0.2) is 21.9 Å². The molecule has 0 aliphatic rings. The van der Waals surface area contributed by atoms with Crippen LogP contribution in [0.2, 0.25) is 10.0 Å². The fourth-order valence-corrected chi connectivity index (χ4v) is 1.82. The van der Waals surface area contributed by atoms with E-state index in [2.05, 4.69) is 15.6 Å². The summed E-state index contributed by atoms with van der Waals surface area (Å²) in [6, 6.07) is 6.60. The zero-order valence-corrected chi connectivity index (χ0v) is 11.5. The third kappa shape index (κ3) is 3.56. The van der Waals surface area contributed by atoms with Gasteiger partial charge in [-0.3, -0.25) is 9.48 Å². The van der Waals surface area contributed by atoms with Crippen molar-refractivity contribution in [3.63, 3.8) is 0 Å². The molecule has 19 heavy (non-hydrogen) atoms. The number of nitrogens with one attached hydrogen (secondary N) is 1. The molecule has 0 saturated carbocycles. The summed E-state index contributed by atoms with van der Waals surface area (Å²) < 4.78 is 1.54. The highest BCUT2D eigenvalue weighted by molar-refractivity contribution is 6.36. The first kappa shape index (κ1) is 13.6. The lowest BCUT2D eigenvalue weighted by Gasteiger charge is -1.98. The second-order valence-electron chi connectivity index (χ2n) is 3.74. The highest BCUT2D eigenvalue weighted by Gasteiger charge is 2.06. The number of hydrazone groups is 1. The van der Waals surface area contributed by atoms with Crippen molar-refractivity contribution in [2.45, 2.75) is 0 Å². The SMILES string of the molecule is Cn1ccc(C(=O)N/N=C/c2ccc(Cl)cc2Cl)n1. The molecule has 0 saturated heterocycles. The molecule has 5 nitrogen and oxygen atoms in total. The van der Waals surface area contributed by atoms with E-state index in [0.717, 1.165) is 0 Å². The van der Waals surface area contributed by atoms with E-state index in [-0.39, 0.29) is 5.91 Å². The molecule has 7 heteroatoms. The summed E-state index contributed by atoms with van der Waals surface area (Å²) >= 11 is 11.7. The van der Waals surface area contributed by atoms with Gasteiger partial charge in [0.1, 0.15) is 0 Å². The Balaban J connectivity index is 2.02. The average Bonchev–Trinajstić information content (AvgIpc) is 2.78. The molecule has 2 aromatic rings. The van der Waals surface area contributed by atoms with Crippen molar-refractivity contribution in [1.29, 1.82) is 0 Å². The summed E-state index contributed by atoms with van der Waals surface area (Å²) in [5.74, 6) is -0.387. The molecule has 0 radical (unpaired) electrons. The van der Waals surface area contributed by atoms with E-state index in [1.54, 1.807) is 37.5 Å². The van der Waals surface area contributed by atoms with E-state index >= 15 is 0 Å².